The molecule has 32 heavy (non-hydrogen) atoms. The fraction of sp³-hybridized carbons (Fsp3) is 0.640. The number of hydrogen-bond acceptors (Lipinski definition) is 4. The minimum Gasteiger partial charge on any atom is -0.454 e. The van der Waals surface area contributed by atoms with Gasteiger partial charge in [-0.2, -0.15) is 0 Å². The van der Waals surface area contributed by atoms with Crippen LogP contribution in [0.15, 0.2) is 24.3 Å². The molecule has 0 radical (unpaired) electrons. The molecule has 7 heteroatoms. The molecule has 0 aliphatic heterocycles. The van der Waals surface area contributed by atoms with E-state index in [2.05, 4.69) is 10.6 Å². The van der Waals surface area contributed by atoms with E-state index in [-0.39, 0.29) is 29.8 Å². The maximum Gasteiger partial charge on any atom is 0.329 e. The molecule has 4 aliphatic carbocycles. The van der Waals surface area contributed by atoms with E-state index < -0.39 is 12.0 Å². The Bertz CT molecular complexity index is 832. The van der Waals surface area contributed by atoms with Crippen molar-refractivity contribution in [2.75, 3.05) is 13.2 Å². The monoisotopic (exact) mass is 460 g/mol. The van der Waals surface area contributed by atoms with E-state index in [4.69, 9.17) is 16.3 Å². The van der Waals surface area contributed by atoms with Crippen molar-refractivity contribution in [3.63, 3.8) is 0 Å². The Morgan fingerprint density at radius 3 is 2.12 bits per heavy atom. The number of esters is 1. The first-order valence-corrected chi connectivity index (χ1v) is 12.1. The maximum atomic E-state index is 12.6. The zero-order valence-corrected chi connectivity index (χ0v) is 19.6. The van der Waals surface area contributed by atoms with Gasteiger partial charge in [0.25, 0.3) is 11.8 Å². The summed E-state index contributed by atoms with van der Waals surface area (Å²) in [4.78, 5) is 37.5. The molecular weight excluding hydrogens is 428 g/mol. The second kappa shape index (κ2) is 9.42. The van der Waals surface area contributed by atoms with Crippen LogP contribution in [0.1, 0.15) is 62.7 Å². The maximum absolute atomic E-state index is 12.6. The standard InChI is InChI=1S/C25H33ClN2O4/c1-15(2)22(28-23(30)19-3-5-20(26)6-4-19)24(31)32-13-21(29)27-14-25-10-16-7-17(11-25)9-18(8-16)12-25/h3-6,15-18,22H,7-14H2,1-2H3,(H,27,29)(H,28,30)/t16?,17?,18?,22-,25?/m0/s1. The average molecular weight is 461 g/mol. The Morgan fingerprint density at radius 2 is 1.59 bits per heavy atom. The third-order valence-electron chi connectivity index (χ3n) is 7.48. The van der Waals surface area contributed by atoms with Crippen LogP contribution in [0.4, 0.5) is 0 Å². The quantitative estimate of drug-likeness (QED) is 0.575. The Balaban J connectivity index is 1.25. The molecule has 2 amide bonds. The molecule has 0 heterocycles. The molecule has 0 unspecified atom stereocenters. The van der Waals surface area contributed by atoms with Crippen LogP contribution in [0.5, 0.6) is 0 Å². The molecule has 1 atom stereocenters. The molecule has 0 saturated heterocycles. The second-order valence-corrected chi connectivity index (χ2v) is 10.9. The molecule has 5 rings (SSSR count). The number of hydrogen-bond donors (Lipinski definition) is 2. The predicted molar refractivity (Wildman–Crippen MR) is 122 cm³/mol. The highest BCUT2D eigenvalue weighted by molar-refractivity contribution is 6.30. The van der Waals surface area contributed by atoms with Gasteiger partial charge in [-0.25, -0.2) is 4.79 Å². The lowest BCUT2D eigenvalue weighted by Gasteiger charge is -2.56. The number of benzene rings is 1. The van der Waals surface area contributed by atoms with E-state index in [0.717, 1.165) is 17.8 Å². The largest absolute Gasteiger partial charge is 0.454 e. The van der Waals surface area contributed by atoms with E-state index in [9.17, 15) is 14.4 Å². The van der Waals surface area contributed by atoms with Crippen molar-refractivity contribution in [1.82, 2.24) is 10.6 Å². The SMILES string of the molecule is CC(C)[C@H](NC(=O)c1ccc(Cl)cc1)C(=O)OCC(=O)NCC12CC3CC(CC(C3)C1)C2. The number of carbonyl (C=O) groups is 3. The summed E-state index contributed by atoms with van der Waals surface area (Å²) in [5, 5.41) is 6.26. The highest BCUT2D eigenvalue weighted by Gasteiger charge is 2.50. The first-order valence-electron chi connectivity index (χ1n) is 11.7. The summed E-state index contributed by atoms with van der Waals surface area (Å²) in [5.74, 6) is 1.02. The van der Waals surface area contributed by atoms with Gasteiger partial charge in [-0.05, 0) is 91.9 Å². The van der Waals surface area contributed by atoms with Crippen LogP contribution in [0.3, 0.4) is 0 Å². The number of carbonyl (C=O) groups excluding carboxylic acids is 3. The van der Waals surface area contributed by atoms with Crippen molar-refractivity contribution in [3.8, 4) is 0 Å². The number of amides is 2. The fourth-order valence-corrected chi connectivity index (χ4v) is 6.52. The van der Waals surface area contributed by atoms with Crippen molar-refractivity contribution in [2.45, 2.75) is 58.4 Å². The fourth-order valence-electron chi connectivity index (χ4n) is 6.39. The molecule has 1 aromatic rings. The molecule has 4 saturated carbocycles. The Hall–Kier alpha value is -2.08. The van der Waals surface area contributed by atoms with Crippen LogP contribution < -0.4 is 10.6 Å². The normalized spacial score (nSPS) is 28.9. The molecule has 1 aromatic carbocycles. The van der Waals surface area contributed by atoms with Gasteiger partial charge in [-0.1, -0.05) is 25.4 Å². The molecule has 174 valence electrons. The van der Waals surface area contributed by atoms with Crippen LogP contribution in [0.2, 0.25) is 5.02 Å². The van der Waals surface area contributed by atoms with E-state index in [0.29, 0.717) is 17.1 Å². The minimum atomic E-state index is -0.839. The van der Waals surface area contributed by atoms with Crippen LogP contribution in [0.25, 0.3) is 0 Å². The smallest absolute Gasteiger partial charge is 0.329 e. The highest BCUT2D eigenvalue weighted by Crippen LogP contribution is 2.59. The van der Waals surface area contributed by atoms with Gasteiger partial charge in [0.2, 0.25) is 0 Å². The van der Waals surface area contributed by atoms with Gasteiger partial charge in [-0.3, -0.25) is 9.59 Å². The summed E-state index contributed by atoms with van der Waals surface area (Å²) in [6, 6.07) is 5.59. The lowest BCUT2D eigenvalue weighted by molar-refractivity contribution is -0.151. The number of rotatable bonds is 8. The van der Waals surface area contributed by atoms with Gasteiger partial charge in [0.15, 0.2) is 6.61 Å². The number of halogens is 1. The van der Waals surface area contributed by atoms with E-state index in [1.807, 2.05) is 13.8 Å². The van der Waals surface area contributed by atoms with E-state index >= 15 is 0 Å². The first-order chi connectivity index (χ1) is 15.2. The van der Waals surface area contributed by atoms with E-state index in [1.54, 1.807) is 24.3 Å². The second-order valence-electron chi connectivity index (χ2n) is 10.5. The van der Waals surface area contributed by atoms with Gasteiger partial charge in [-0.15, -0.1) is 0 Å². The van der Waals surface area contributed by atoms with Gasteiger partial charge >= 0.3 is 5.97 Å². The average Bonchev–Trinajstić information content (AvgIpc) is 2.73. The van der Waals surface area contributed by atoms with Crippen molar-refractivity contribution in [1.29, 1.82) is 0 Å². The molecule has 0 spiro atoms. The van der Waals surface area contributed by atoms with Gasteiger partial charge < -0.3 is 15.4 Å². The van der Waals surface area contributed by atoms with Crippen LogP contribution >= 0.6 is 11.6 Å². The predicted octanol–water partition coefficient (Wildman–Crippen LogP) is 3.97. The molecule has 0 aromatic heterocycles. The van der Waals surface area contributed by atoms with Crippen LogP contribution in [0, 0.1) is 29.1 Å². The first kappa shape index (κ1) is 23.1. The van der Waals surface area contributed by atoms with Crippen LogP contribution in [-0.2, 0) is 14.3 Å². The molecule has 2 N–H and O–H groups in total. The minimum absolute atomic E-state index is 0.186. The van der Waals surface area contributed by atoms with E-state index in [1.165, 1.54) is 38.5 Å². The van der Waals surface area contributed by atoms with Crippen molar-refractivity contribution in [3.05, 3.63) is 34.9 Å². The summed E-state index contributed by atoms with van der Waals surface area (Å²) in [6.07, 6.45) is 7.73. The third-order valence-corrected chi connectivity index (χ3v) is 7.74. The number of ether oxygens (including phenoxy) is 1. The molecular formula is C25H33ClN2O4. The molecule has 6 nitrogen and oxygen atoms in total. The van der Waals surface area contributed by atoms with Gasteiger partial charge in [0, 0.05) is 17.1 Å². The summed E-state index contributed by atoms with van der Waals surface area (Å²) in [7, 11) is 0. The molecule has 4 fully saturated rings. The summed E-state index contributed by atoms with van der Waals surface area (Å²) in [5.41, 5.74) is 0.641. The Labute approximate surface area is 194 Å². The third kappa shape index (κ3) is 5.28. The van der Waals surface area contributed by atoms with Crippen LogP contribution in [-0.4, -0.2) is 37.0 Å². The molecule has 4 aliphatic rings. The Morgan fingerprint density at radius 1 is 1.03 bits per heavy atom. The summed E-state index contributed by atoms with van der Waals surface area (Å²) in [6.45, 7) is 3.99. The lowest BCUT2D eigenvalue weighted by Crippen LogP contribution is -2.51. The lowest BCUT2D eigenvalue weighted by atomic mass is 9.49. The Kier molecular flexibility index (Phi) is 6.80. The molecule has 4 bridgehead atoms. The van der Waals surface area contributed by atoms with Gasteiger partial charge in [0.05, 0.1) is 0 Å². The zero-order valence-electron chi connectivity index (χ0n) is 18.9. The highest BCUT2D eigenvalue weighted by atomic mass is 35.5. The van der Waals surface area contributed by atoms with Crippen molar-refractivity contribution in [2.24, 2.45) is 29.1 Å². The number of nitrogens with one attached hydrogen (secondary N) is 2. The van der Waals surface area contributed by atoms with Gasteiger partial charge in [0.1, 0.15) is 6.04 Å². The topological polar surface area (TPSA) is 84.5 Å². The summed E-state index contributed by atoms with van der Waals surface area (Å²) >= 11 is 5.86. The van der Waals surface area contributed by atoms with Crippen molar-refractivity contribution < 1.29 is 19.1 Å². The zero-order chi connectivity index (χ0) is 22.9. The van der Waals surface area contributed by atoms with Crippen molar-refractivity contribution >= 4 is 29.4 Å². The summed E-state index contributed by atoms with van der Waals surface area (Å²) < 4.78 is 5.27.